The summed E-state index contributed by atoms with van der Waals surface area (Å²) in [6, 6.07) is 19.6. The minimum Gasteiger partial charge on any atom is -0.352 e. The molecule has 0 spiro atoms. The molecule has 24 heavy (non-hydrogen) atoms. The molecule has 1 aliphatic heterocycles. The predicted molar refractivity (Wildman–Crippen MR) is 95.8 cm³/mol. The molecule has 4 rings (SSSR count). The fraction of sp³-hybridized carbons (Fsp3) is 0.381. The van der Waals surface area contributed by atoms with Crippen molar-refractivity contribution in [3.8, 4) is 0 Å². The highest BCUT2D eigenvalue weighted by atomic mass is 16.2. The van der Waals surface area contributed by atoms with Gasteiger partial charge in [-0.3, -0.25) is 9.69 Å². The molecule has 2 aromatic rings. The van der Waals surface area contributed by atoms with Gasteiger partial charge in [0.05, 0.1) is 6.04 Å². The molecule has 2 aromatic carbocycles. The zero-order valence-electron chi connectivity index (χ0n) is 14.1. The van der Waals surface area contributed by atoms with Crippen molar-refractivity contribution in [1.82, 2.24) is 10.2 Å². The van der Waals surface area contributed by atoms with Crippen LogP contribution in [0.3, 0.4) is 0 Å². The standard InChI is InChI=1S/C21H24N2O/c1-15(21(24)22-18-11-12-18)23-13-17-9-5-6-10-19(17)20(14-23)16-7-3-2-4-8-16/h2-10,15,18,20H,11-14H2,1H3,(H,22,24). The van der Waals surface area contributed by atoms with Crippen molar-refractivity contribution in [2.75, 3.05) is 6.54 Å². The summed E-state index contributed by atoms with van der Waals surface area (Å²) in [6.45, 7) is 3.77. The minimum absolute atomic E-state index is 0.0924. The number of amides is 1. The number of benzene rings is 2. The first kappa shape index (κ1) is 15.4. The van der Waals surface area contributed by atoms with E-state index in [1.165, 1.54) is 16.7 Å². The lowest BCUT2D eigenvalue weighted by Crippen LogP contribution is -2.48. The Hall–Kier alpha value is -2.13. The molecule has 0 bridgehead atoms. The number of nitrogens with one attached hydrogen (secondary N) is 1. The minimum atomic E-state index is -0.0924. The van der Waals surface area contributed by atoms with Gasteiger partial charge in [-0.05, 0) is 36.5 Å². The normalized spacial score (nSPS) is 21.8. The Morgan fingerprint density at radius 3 is 2.54 bits per heavy atom. The largest absolute Gasteiger partial charge is 0.352 e. The van der Waals surface area contributed by atoms with E-state index >= 15 is 0 Å². The third-order valence-electron chi connectivity index (χ3n) is 5.27. The molecule has 2 unspecified atom stereocenters. The summed E-state index contributed by atoms with van der Waals surface area (Å²) in [4.78, 5) is 14.8. The zero-order valence-corrected chi connectivity index (χ0v) is 14.1. The van der Waals surface area contributed by atoms with Crippen molar-refractivity contribution < 1.29 is 4.79 Å². The second kappa shape index (κ2) is 6.40. The Morgan fingerprint density at radius 1 is 1.08 bits per heavy atom. The summed E-state index contributed by atoms with van der Waals surface area (Å²) < 4.78 is 0. The third kappa shape index (κ3) is 3.09. The van der Waals surface area contributed by atoms with Crippen LogP contribution in [-0.2, 0) is 11.3 Å². The fourth-order valence-electron chi connectivity index (χ4n) is 3.61. The van der Waals surface area contributed by atoms with Gasteiger partial charge in [0.1, 0.15) is 0 Å². The molecular weight excluding hydrogens is 296 g/mol. The maximum Gasteiger partial charge on any atom is 0.237 e. The summed E-state index contributed by atoms with van der Waals surface area (Å²) in [5.74, 6) is 0.496. The van der Waals surface area contributed by atoms with Gasteiger partial charge in [0, 0.05) is 25.0 Å². The highest BCUT2D eigenvalue weighted by Crippen LogP contribution is 2.34. The molecule has 3 nitrogen and oxygen atoms in total. The number of fused-ring (bicyclic) bond motifs is 1. The SMILES string of the molecule is CC(C(=O)NC1CC1)N1Cc2ccccc2C(c2ccccc2)C1. The van der Waals surface area contributed by atoms with Crippen molar-refractivity contribution in [3.63, 3.8) is 0 Å². The van der Waals surface area contributed by atoms with Gasteiger partial charge >= 0.3 is 0 Å². The van der Waals surface area contributed by atoms with Gasteiger partial charge in [0.2, 0.25) is 5.91 Å². The summed E-state index contributed by atoms with van der Waals surface area (Å²) >= 11 is 0. The van der Waals surface area contributed by atoms with Crippen LogP contribution in [0.25, 0.3) is 0 Å². The van der Waals surface area contributed by atoms with Crippen LogP contribution >= 0.6 is 0 Å². The molecule has 1 fully saturated rings. The Morgan fingerprint density at radius 2 is 1.79 bits per heavy atom. The van der Waals surface area contributed by atoms with Gasteiger partial charge in [0.25, 0.3) is 0 Å². The summed E-state index contributed by atoms with van der Waals surface area (Å²) in [5, 5.41) is 3.15. The molecule has 0 saturated heterocycles. The van der Waals surface area contributed by atoms with Crippen LogP contribution in [0.2, 0.25) is 0 Å². The van der Waals surface area contributed by atoms with E-state index in [-0.39, 0.29) is 11.9 Å². The van der Waals surface area contributed by atoms with E-state index in [1.807, 2.05) is 6.92 Å². The van der Waals surface area contributed by atoms with E-state index in [9.17, 15) is 4.79 Å². The van der Waals surface area contributed by atoms with Crippen LogP contribution in [0.5, 0.6) is 0 Å². The smallest absolute Gasteiger partial charge is 0.237 e. The maximum absolute atomic E-state index is 12.5. The molecule has 0 aromatic heterocycles. The van der Waals surface area contributed by atoms with Crippen LogP contribution in [0.4, 0.5) is 0 Å². The van der Waals surface area contributed by atoms with Crippen molar-refractivity contribution in [2.24, 2.45) is 0 Å². The fourth-order valence-corrected chi connectivity index (χ4v) is 3.61. The van der Waals surface area contributed by atoms with Gasteiger partial charge < -0.3 is 5.32 Å². The second-order valence-corrected chi connectivity index (χ2v) is 7.05. The quantitative estimate of drug-likeness (QED) is 0.937. The lowest BCUT2D eigenvalue weighted by Gasteiger charge is -2.38. The van der Waals surface area contributed by atoms with Gasteiger partial charge in [-0.25, -0.2) is 0 Å². The van der Waals surface area contributed by atoms with Crippen LogP contribution < -0.4 is 5.32 Å². The van der Waals surface area contributed by atoms with Crippen molar-refractivity contribution in [2.45, 2.75) is 44.3 Å². The number of hydrogen-bond acceptors (Lipinski definition) is 2. The molecule has 1 saturated carbocycles. The average Bonchev–Trinajstić information content (AvgIpc) is 3.44. The molecule has 0 radical (unpaired) electrons. The number of rotatable bonds is 4. The molecule has 2 aliphatic rings. The van der Waals surface area contributed by atoms with Crippen LogP contribution in [0, 0.1) is 0 Å². The van der Waals surface area contributed by atoms with Gasteiger partial charge in [-0.1, -0.05) is 54.6 Å². The monoisotopic (exact) mass is 320 g/mol. The highest BCUT2D eigenvalue weighted by Gasteiger charge is 2.33. The van der Waals surface area contributed by atoms with Crippen molar-refractivity contribution in [1.29, 1.82) is 0 Å². The Labute approximate surface area is 143 Å². The Balaban J connectivity index is 1.61. The lowest BCUT2D eigenvalue weighted by atomic mass is 9.84. The van der Waals surface area contributed by atoms with Crippen LogP contribution in [-0.4, -0.2) is 29.4 Å². The Kier molecular flexibility index (Phi) is 4.11. The van der Waals surface area contributed by atoms with Gasteiger partial charge in [-0.2, -0.15) is 0 Å². The van der Waals surface area contributed by atoms with Gasteiger partial charge in [0.15, 0.2) is 0 Å². The predicted octanol–water partition coefficient (Wildman–Crippen LogP) is 3.30. The first-order valence-corrected chi connectivity index (χ1v) is 8.89. The molecule has 124 valence electrons. The van der Waals surface area contributed by atoms with E-state index in [2.05, 4.69) is 64.8 Å². The summed E-state index contributed by atoms with van der Waals surface area (Å²) in [5.41, 5.74) is 4.06. The maximum atomic E-state index is 12.5. The number of carbonyl (C=O) groups is 1. The van der Waals surface area contributed by atoms with Crippen LogP contribution in [0.15, 0.2) is 54.6 Å². The third-order valence-corrected chi connectivity index (χ3v) is 5.27. The second-order valence-electron chi connectivity index (χ2n) is 7.05. The molecule has 1 aliphatic carbocycles. The number of hydrogen-bond donors (Lipinski definition) is 1. The summed E-state index contributed by atoms with van der Waals surface area (Å²) in [7, 11) is 0. The van der Waals surface area contributed by atoms with Gasteiger partial charge in [-0.15, -0.1) is 0 Å². The summed E-state index contributed by atoms with van der Waals surface area (Å²) in [6.07, 6.45) is 2.27. The molecule has 1 amide bonds. The highest BCUT2D eigenvalue weighted by molar-refractivity contribution is 5.82. The number of carbonyl (C=O) groups excluding carboxylic acids is 1. The van der Waals surface area contributed by atoms with E-state index < -0.39 is 0 Å². The molecule has 1 heterocycles. The molecule has 1 N–H and O–H groups in total. The molecule has 3 heteroatoms. The number of nitrogens with zero attached hydrogens (tertiary/aromatic N) is 1. The van der Waals surface area contributed by atoms with E-state index in [0.717, 1.165) is 25.9 Å². The first-order valence-electron chi connectivity index (χ1n) is 8.89. The van der Waals surface area contributed by atoms with Crippen molar-refractivity contribution >= 4 is 5.91 Å². The average molecular weight is 320 g/mol. The lowest BCUT2D eigenvalue weighted by molar-refractivity contribution is -0.126. The van der Waals surface area contributed by atoms with Crippen LogP contribution in [0.1, 0.15) is 42.4 Å². The van der Waals surface area contributed by atoms with E-state index in [1.54, 1.807) is 0 Å². The zero-order chi connectivity index (χ0) is 16.5. The molecular formula is C21H24N2O. The van der Waals surface area contributed by atoms with E-state index in [4.69, 9.17) is 0 Å². The first-order chi connectivity index (χ1) is 11.7. The molecule has 2 atom stereocenters. The Bertz CT molecular complexity index is 724. The van der Waals surface area contributed by atoms with Crippen molar-refractivity contribution in [3.05, 3.63) is 71.3 Å². The van der Waals surface area contributed by atoms with E-state index in [0.29, 0.717) is 12.0 Å². The topological polar surface area (TPSA) is 32.3 Å².